The number of aliphatic hydroxyl groups is 1. The first-order valence-electron chi connectivity index (χ1n) is 17.2. The number of rotatable bonds is 13. The van der Waals surface area contributed by atoms with Crippen LogP contribution in [-0.2, 0) is 22.6 Å². The van der Waals surface area contributed by atoms with E-state index in [0.29, 0.717) is 50.6 Å². The zero-order valence-corrected chi connectivity index (χ0v) is 28.1. The van der Waals surface area contributed by atoms with Gasteiger partial charge in [0, 0.05) is 62.0 Å². The number of carbonyl (C=O) groups excluding carboxylic acids is 2. The van der Waals surface area contributed by atoms with Gasteiger partial charge in [-0.2, -0.15) is 13.2 Å². The van der Waals surface area contributed by atoms with E-state index < -0.39 is 36.7 Å². The van der Waals surface area contributed by atoms with Crippen LogP contribution < -0.4 is 15.4 Å². The minimum absolute atomic E-state index is 0.00618. The lowest BCUT2D eigenvalue weighted by Crippen LogP contribution is -2.60. The number of nitrogens with one attached hydrogen (secondary N) is 2. The topological polar surface area (TPSA) is 120 Å². The third kappa shape index (κ3) is 9.96. The van der Waals surface area contributed by atoms with Crippen molar-refractivity contribution < 1.29 is 37.0 Å². The van der Waals surface area contributed by atoms with Crippen LogP contribution in [0.3, 0.4) is 0 Å². The van der Waals surface area contributed by atoms with Crippen molar-refractivity contribution in [3.05, 3.63) is 108 Å². The molecule has 2 aromatic carbocycles. The molecule has 0 spiro atoms. The zero-order valence-electron chi connectivity index (χ0n) is 28.1. The summed E-state index contributed by atoms with van der Waals surface area (Å²) < 4.78 is 51.1. The molecule has 0 aliphatic carbocycles. The van der Waals surface area contributed by atoms with Crippen LogP contribution in [0.1, 0.15) is 35.8 Å². The molecule has 10 nitrogen and oxygen atoms in total. The van der Waals surface area contributed by atoms with Crippen LogP contribution in [-0.4, -0.2) is 89.4 Å². The number of amides is 2. The van der Waals surface area contributed by atoms with Gasteiger partial charge < -0.3 is 24.9 Å². The van der Waals surface area contributed by atoms with E-state index in [1.807, 2.05) is 83.0 Å². The number of piperazine rings is 1. The summed E-state index contributed by atoms with van der Waals surface area (Å²) in [5.74, 6) is 0.408. The molecular weight excluding hydrogens is 663 g/mol. The molecule has 0 bridgehead atoms. The number of hydrogen-bond donors (Lipinski definition) is 3. The molecule has 4 heterocycles. The van der Waals surface area contributed by atoms with Crippen LogP contribution in [0, 0.1) is 5.92 Å². The molecule has 13 heteroatoms. The van der Waals surface area contributed by atoms with Crippen molar-refractivity contribution >= 4 is 11.8 Å². The number of carbonyl (C=O) groups is 2. The highest BCUT2D eigenvalue weighted by atomic mass is 19.4. The molecule has 1 fully saturated rings. The number of pyridine rings is 1. The van der Waals surface area contributed by atoms with Crippen molar-refractivity contribution in [3.63, 3.8) is 0 Å². The number of para-hydroxylation sites is 1. The van der Waals surface area contributed by atoms with Gasteiger partial charge in [0.2, 0.25) is 11.8 Å². The highest BCUT2D eigenvalue weighted by molar-refractivity contribution is 5.82. The molecule has 4 atom stereocenters. The van der Waals surface area contributed by atoms with E-state index in [9.17, 15) is 27.9 Å². The zero-order chi connectivity index (χ0) is 35.8. The Hall–Kier alpha value is -4.72. The summed E-state index contributed by atoms with van der Waals surface area (Å²) in [5, 5.41) is 16.6. The lowest BCUT2D eigenvalue weighted by molar-refractivity contribution is -0.143. The number of hydrogen-bond acceptors (Lipinski definition) is 8. The quantitative estimate of drug-likeness (QED) is 0.182. The number of fused-ring (bicyclic) bond motifs is 1. The summed E-state index contributed by atoms with van der Waals surface area (Å²) in [7, 11) is 0. The molecular formula is C38H42F3N5O5. The lowest BCUT2D eigenvalue weighted by atomic mass is 9.91. The molecule has 3 N–H and O–H groups in total. The maximum absolute atomic E-state index is 13.8. The van der Waals surface area contributed by atoms with Crippen LogP contribution in [0.4, 0.5) is 13.2 Å². The Balaban J connectivity index is 1.13. The Morgan fingerprint density at radius 1 is 1.00 bits per heavy atom. The highest BCUT2D eigenvalue weighted by Crippen LogP contribution is 2.32. The van der Waals surface area contributed by atoms with Crippen molar-refractivity contribution in [2.24, 2.45) is 5.92 Å². The molecule has 1 saturated heterocycles. The number of furan rings is 1. The van der Waals surface area contributed by atoms with E-state index in [4.69, 9.17) is 9.15 Å². The first-order chi connectivity index (χ1) is 24.6. The van der Waals surface area contributed by atoms with Crippen molar-refractivity contribution in [2.75, 3.05) is 39.3 Å². The molecule has 0 saturated carbocycles. The van der Waals surface area contributed by atoms with Gasteiger partial charge in [-0.25, -0.2) is 0 Å². The van der Waals surface area contributed by atoms with Gasteiger partial charge >= 0.3 is 6.18 Å². The second-order valence-corrected chi connectivity index (χ2v) is 13.1. The van der Waals surface area contributed by atoms with Gasteiger partial charge in [0.25, 0.3) is 0 Å². The Morgan fingerprint density at radius 3 is 2.59 bits per heavy atom. The van der Waals surface area contributed by atoms with Gasteiger partial charge in [0.05, 0.1) is 25.3 Å². The third-order valence-corrected chi connectivity index (χ3v) is 9.29. The number of β-amino-alcohol motifs (C(OH)–C–C–N with tert-alkyl or cyclic N) is 1. The third-order valence-electron chi connectivity index (χ3n) is 9.29. The van der Waals surface area contributed by atoms with Crippen LogP contribution in [0.2, 0.25) is 0 Å². The molecule has 2 amide bonds. The van der Waals surface area contributed by atoms with Gasteiger partial charge in [0.15, 0.2) is 0 Å². The van der Waals surface area contributed by atoms with Crippen LogP contribution in [0.5, 0.6) is 5.75 Å². The average molecular weight is 706 g/mol. The molecule has 51 heavy (non-hydrogen) atoms. The highest BCUT2D eigenvalue weighted by Gasteiger charge is 2.37. The van der Waals surface area contributed by atoms with Crippen LogP contribution in [0.15, 0.2) is 95.7 Å². The fraction of sp³-hybridized carbons (Fsp3) is 0.395. The fourth-order valence-corrected chi connectivity index (χ4v) is 6.78. The number of aromatic nitrogens is 1. The SMILES string of the molecule is O=C(N[C@@H]1CCOc2ccccc21)C(Cc1cccnc1)C[C@H](O)CN1CCN(Cc2ccc(-c3ccccc3)o2)C[C@H]1C(=O)NCC(F)(F)F. The number of alkyl halides is 3. The Kier molecular flexibility index (Phi) is 11.7. The minimum Gasteiger partial charge on any atom is -0.493 e. The lowest BCUT2D eigenvalue weighted by Gasteiger charge is -2.41. The predicted molar refractivity (Wildman–Crippen MR) is 183 cm³/mol. The van der Waals surface area contributed by atoms with Crippen molar-refractivity contribution in [3.8, 4) is 17.1 Å². The summed E-state index contributed by atoms with van der Waals surface area (Å²) in [6.45, 7) is 0.269. The second-order valence-electron chi connectivity index (χ2n) is 13.1. The summed E-state index contributed by atoms with van der Waals surface area (Å²) in [6, 6.07) is 23.3. The maximum Gasteiger partial charge on any atom is 0.405 e. The Bertz CT molecular complexity index is 1740. The average Bonchev–Trinajstić information content (AvgIpc) is 3.60. The van der Waals surface area contributed by atoms with E-state index in [-0.39, 0.29) is 31.5 Å². The summed E-state index contributed by atoms with van der Waals surface area (Å²) in [4.78, 5) is 34.9. The van der Waals surface area contributed by atoms with E-state index in [1.54, 1.807) is 23.4 Å². The summed E-state index contributed by atoms with van der Waals surface area (Å²) in [5.41, 5.74) is 2.62. The van der Waals surface area contributed by atoms with E-state index in [1.165, 1.54) is 0 Å². The first kappa shape index (κ1) is 36.1. The smallest absolute Gasteiger partial charge is 0.405 e. The number of benzene rings is 2. The fourth-order valence-electron chi connectivity index (χ4n) is 6.78. The van der Waals surface area contributed by atoms with Crippen molar-refractivity contribution in [1.29, 1.82) is 0 Å². The first-order valence-corrected chi connectivity index (χ1v) is 17.2. The second kappa shape index (κ2) is 16.5. The monoisotopic (exact) mass is 705 g/mol. The Labute approximate surface area is 294 Å². The maximum atomic E-state index is 13.8. The van der Waals surface area contributed by atoms with Crippen LogP contribution >= 0.6 is 0 Å². The normalized spacial score (nSPS) is 19.4. The summed E-state index contributed by atoms with van der Waals surface area (Å²) >= 11 is 0. The molecule has 0 radical (unpaired) electrons. The predicted octanol–water partition coefficient (Wildman–Crippen LogP) is 4.76. The molecule has 6 rings (SSSR count). The van der Waals surface area contributed by atoms with E-state index in [2.05, 4.69) is 10.3 Å². The van der Waals surface area contributed by atoms with E-state index in [0.717, 1.165) is 22.4 Å². The number of halogens is 3. The van der Waals surface area contributed by atoms with Gasteiger partial charge in [-0.15, -0.1) is 0 Å². The number of aliphatic hydroxyl groups excluding tert-OH is 1. The minimum atomic E-state index is -4.58. The van der Waals surface area contributed by atoms with Gasteiger partial charge in [-0.05, 0) is 42.7 Å². The van der Waals surface area contributed by atoms with Crippen molar-refractivity contribution in [2.45, 2.75) is 50.2 Å². The molecule has 2 aliphatic rings. The number of nitrogens with zero attached hydrogens (tertiary/aromatic N) is 3. The van der Waals surface area contributed by atoms with Gasteiger partial charge in [-0.1, -0.05) is 54.6 Å². The van der Waals surface area contributed by atoms with Crippen molar-refractivity contribution in [1.82, 2.24) is 25.4 Å². The molecule has 2 aromatic heterocycles. The largest absolute Gasteiger partial charge is 0.493 e. The Morgan fingerprint density at radius 2 is 1.80 bits per heavy atom. The molecule has 1 unspecified atom stereocenters. The molecule has 2 aliphatic heterocycles. The van der Waals surface area contributed by atoms with Gasteiger partial charge in [-0.3, -0.25) is 24.4 Å². The van der Waals surface area contributed by atoms with Gasteiger partial charge in [0.1, 0.15) is 29.9 Å². The van der Waals surface area contributed by atoms with Crippen LogP contribution in [0.25, 0.3) is 11.3 Å². The molecule has 4 aromatic rings. The molecule has 270 valence electrons. The standard InChI is InChI=1S/C38H42F3N5O5/c39-38(40,41)25-43-37(49)33-24-45(23-30-12-13-34(51-30)27-8-2-1-3-9-27)16-17-46(33)22-29(47)20-28(19-26-7-6-15-42-21-26)36(48)44-32-14-18-50-35-11-5-4-10-31(32)35/h1-13,15,21,28-29,32-33,47H,14,16-20,22-25H2,(H,43,49)(H,44,48)/t28?,29-,32+,33-/m0/s1. The number of ether oxygens (including phenoxy) is 1. The summed E-state index contributed by atoms with van der Waals surface area (Å²) in [6.07, 6.45) is -1.33. The van der Waals surface area contributed by atoms with E-state index >= 15 is 0 Å².